The predicted octanol–water partition coefficient (Wildman–Crippen LogP) is 2.84. The summed E-state index contributed by atoms with van der Waals surface area (Å²) in [5.74, 6) is 0.0328. The van der Waals surface area contributed by atoms with Crippen molar-refractivity contribution in [3.8, 4) is 0 Å². The standard InChI is InChI=1S/C10H9BrN2O/c1-5-8(11)4-13-10-7(6(2)14)3-12-9(5)10/h3-4,12H,1-2H3. The Morgan fingerprint density at radius 1 is 1.57 bits per heavy atom. The molecule has 0 aliphatic heterocycles. The SMILES string of the molecule is CC(=O)c1c[nH]c2c(C)c(Br)cnc12. The Labute approximate surface area is 89.7 Å². The second-order valence-electron chi connectivity index (χ2n) is 3.21. The van der Waals surface area contributed by atoms with Crippen LogP contribution in [0.1, 0.15) is 22.8 Å². The zero-order valence-electron chi connectivity index (χ0n) is 7.89. The highest BCUT2D eigenvalue weighted by Crippen LogP contribution is 2.25. The molecule has 4 heteroatoms. The molecule has 0 amide bonds. The monoisotopic (exact) mass is 252 g/mol. The van der Waals surface area contributed by atoms with Crippen LogP contribution in [0.15, 0.2) is 16.9 Å². The molecule has 2 rings (SSSR count). The Morgan fingerprint density at radius 3 is 2.93 bits per heavy atom. The average molecular weight is 253 g/mol. The number of aromatic nitrogens is 2. The lowest BCUT2D eigenvalue weighted by Gasteiger charge is -1.98. The van der Waals surface area contributed by atoms with Gasteiger partial charge in [0, 0.05) is 16.9 Å². The highest BCUT2D eigenvalue weighted by Gasteiger charge is 2.11. The van der Waals surface area contributed by atoms with Crippen molar-refractivity contribution in [1.29, 1.82) is 0 Å². The molecule has 1 N–H and O–H groups in total. The number of carbonyl (C=O) groups excluding carboxylic acids is 1. The number of H-pyrrole nitrogens is 1. The van der Waals surface area contributed by atoms with Crippen molar-refractivity contribution in [3.63, 3.8) is 0 Å². The number of aryl methyl sites for hydroxylation is 1. The number of rotatable bonds is 1. The zero-order valence-corrected chi connectivity index (χ0v) is 9.47. The Hall–Kier alpha value is -1.16. The van der Waals surface area contributed by atoms with Gasteiger partial charge in [-0.3, -0.25) is 9.78 Å². The molecular formula is C10H9BrN2O. The normalized spacial score (nSPS) is 10.8. The van der Waals surface area contributed by atoms with Gasteiger partial charge < -0.3 is 4.98 Å². The number of aromatic amines is 1. The van der Waals surface area contributed by atoms with Crippen LogP contribution >= 0.6 is 15.9 Å². The molecule has 2 aromatic heterocycles. The fourth-order valence-electron chi connectivity index (χ4n) is 1.44. The second kappa shape index (κ2) is 3.20. The molecule has 0 atom stereocenters. The number of nitrogens with one attached hydrogen (secondary N) is 1. The lowest BCUT2D eigenvalue weighted by atomic mass is 10.2. The highest BCUT2D eigenvalue weighted by molar-refractivity contribution is 9.10. The van der Waals surface area contributed by atoms with Gasteiger partial charge in [0.15, 0.2) is 5.78 Å². The van der Waals surface area contributed by atoms with Crippen LogP contribution in [0, 0.1) is 6.92 Å². The average Bonchev–Trinajstić information content (AvgIpc) is 2.55. The predicted molar refractivity (Wildman–Crippen MR) is 58.5 cm³/mol. The van der Waals surface area contributed by atoms with Crippen LogP contribution in [0.3, 0.4) is 0 Å². The van der Waals surface area contributed by atoms with Crippen LogP contribution in [0.5, 0.6) is 0 Å². The molecule has 0 aliphatic rings. The van der Waals surface area contributed by atoms with Gasteiger partial charge in [-0.1, -0.05) is 0 Å². The molecule has 72 valence electrons. The van der Waals surface area contributed by atoms with E-state index in [4.69, 9.17) is 0 Å². The molecule has 0 spiro atoms. The van der Waals surface area contributed by atoms with E-state index in [-0.39, 0.29) is 5.78 Å². The summed E-state index contributed by atoms with van der Waals surface area (Å²) in [4.78, 5) is 18.5. The van der Waals surface area contributed by atoms with Gasteiger partial charge in [-0.05, 0) is 35.3 Å². The molecule has 0 radical (unpaired) electrons. The van der Waals surface area contributed by atoms with Crippen LogP contribution in [-0.2, 0) is 0 Å². The first-order valence-electron chi connectivity index (χ1n) is 4.24. The maximum absolute atomic E-state index is 11.2. The summed E-state index contributed by atoms with van der Waals surface area (Å²) >= 11 is 3.40. The molecule has 0 saturated carbocycles. The quantitative estimate of drug-likeness (QED) is 0.794. The van der Waals surface area contributed by atoms with Crippen molar-refractivity contribution < 1.29 is 4.79 Å². The summed E-state index contributed by atoms with van der Waals surface area (Å²) in [5.41, 5.74) is 3.39. The number of pyridine rings is 1. The van der Waals surface area contributed by atoms with E-state index in [0.717, 1.165) is 21.1 Å². The Kier molecular flexibility index (Phi) is 2.15. The summed E-state index contributed by atoms with van der Waals surface area (Å²) in [6.07, 6.45) is 3.43. The molecule has 0 aromatic carbocycles. The summed E-state index contributed by atoms with van der Waals surface area (Å²) in [6, 6.07) is 0. The van der Waals surface area contributed by atoms with E-state index in [9.17, 15) is 4.79 Å². The molecule has 0 bridgehead atoms. The Morgan fingerprint density at radius 2 is 2.29 bits per heavy atom. The summed E-state index contributed by atoms with van der Waals surface area (Å²) in [6.45, 7) is 3.52. The van der Waals surface area contributed by atoms with E-state index >= 15 is 0 Å². The highest BCUT2D eigenvalue weighted by atomic mass is 79.9. The van der Waals surface area contributed by atoms with E-state index < -0.39 is 0 Å². The molecule has 0 saturated heterocycles. The zero-order chi connectivity index (χ0) is 10.3. The van der Waals surface area contributed by atoms with Crippen molar-refractivity contribution in [2.24, 2.45) is 0 Å². The largest absolute Gasteiger partial charge is 0.359 e. The minimum atomic E-state index is 0.0328. The van der Waals surface area contributed by atoms with Gasteiger partial charge in [-0.25, -0.2) is 0 Å². The van der Waals surface area contributed by atoms with Gasteiger partial charge in [0.2, 0.25) is 0 Å². The molecule has 2 aromatic rings. The lowest BCUT2D eigenvalue weighted by molar-refractivity contribution is 0.101. The number of carbonyl (C=O) groups is 1. The number of hydrogen-bond donors (Lipinski definition) is 1. The van der Waals surface area contributed by atoms with Gasteiger partial charge in [-0.15, -0.1) is 0 Å². The number of hydrogen-bond acceptors (Lipinski definition) is 2. The topological polar surface area (TPSA) is 45.8 Å². The van der Waals surface area contributed by atoms with E-state index in [1.807, 2.05) is 6.92 Å². The first-order chi connectivity index (χ1) is 6.61. The third-order valence-corrected chi connectivity index (χ3v) is 3.07. The molecular weight excluding hydrogens is 244 g/mol. The minimum Gasteiger partial charge on any atom is -0.359 e. The molecule has 2 heterocycles. The number of ketones is 1. The summed E-state index contributed by atoms with van der Waals surface area (Å²) in [5, 5.41) is 0. The van der Waals surface area contributed by atoms with Crippen molar-refractivity contribution >= 4 is 32.7 Å². The fourth-order valence-corrected chi connectivity index (χ4v) is 1.74. The van der Waals surface area contributed by atoms with Crippen LogP contribution in [0.4, 0.5) is 0 Å². The van der Waals surface area contributed by atoms with Crippen LogP contribution in [0.25, 0.3) is 11.0 Å². The van der Waals surface area contributed by atoms with Gasteiger partial charge in [0.05, 0.1) is 16.6 Å². The van der Waals surface area contributed by atoms with E-state index in [0.29, 0.717) is 5.56 Å². The Bertz CT molecular complexity index is 516. The minimum absolute atomic E-state index is 0.0328. The molecule has 0 aliphatic carbocycles. The molecule has 14 heavy (non-hydrogen) atoms. The smallest absolute Gasteiger partial charge is 0.163 e. The van der Waals surface area contributed by atoms with E-state index in [1.54, 1.807) is 19.3 Å². The van der Waals surface area contributed by atoms with Crippen molar-refractivity contribution in [3.05, 3.63) is 28.0 Å². The Balaban J connectivity index is 2.83. The lowest BCUT2D eigenvalue weighted by Crippen LogP contribution is -1.91. The van der Waals surface area contributed by atoms with Crippen LogP contribution in [0.2, 0.25) is 0 Å². The number of nitrogens with zero attached hydrogens (tertiary/aromatic N) is 1. The van der Waals surface area contributed by atoms with Crippen molar-refractivity contribution in [2.75, 3.05) is 0 Å². The third kappa shape index (κ3) is 1.26. The number of halogens is 1. The van der Waals surface area contributed by atoms with Gasteiger partial charge in [0.1, 0.15) is 0 Å². The van der Waals surface area contributed by atoms with E-state index in [2.05, 4.69) is 25.9 Å². The van der Waals surface area contributed by atoms with E-state index in [1.165, 1.54) is 0 Å². The van der Waals surface area contributed by atoms with Gasteiger partial charge in [-0.2, -0.15) is 0 Å². The molecule has 3 nitrogen and oxygen atoms in total. The number of fused-ring (bicyclic) bond motifs is 1. The maximum atomic E-state index is 11.2. The van der Waals surface area contributed by atoms with Crippen LogP contribution in [-0.4, -0.2) is 15.8 Å². The third-order valence-electron chi connectivity index (χ3n) is 2.27. The second-order valence-corrected chi connectivity index (χ2v) is 4.07. The maximum Gasteiger partial charge on any atom is 0.163 e. The summed E-state index contributed by atoms with van der Waals surface area (Å²) in [7, 11) is 0. The first kappa shape index (κ1) is 9.40. The number of Topliss-reactive ketones (excluding diaryl/α,β-unsaturated/α-hetero) is 1. The van der Waals surface area contributed by atoms with Crippen molar-refractivity contribution in [2.45, 2.75) is 13.8 Å². The fraction of sp³-hybridized carbons (Fsp3) is 0.200. The first-order valence-corrected chi connectivity index (χ1v) is 5.03. The molecule has 0 unspecified atom stereocenters. The van der Waals surface area contributed by atoms with Crippen LogP contribution < -0.4 is 0 Å². The van der Waals surface area contributed by atoms with Gasteiger partial charge in [0.25, 0.3) is 0 Å². The molecule has 0 fully saturated rings. The summed E-state index contributed by atoms with van der Waals surface area (Å²) < 4.78 is 0.946. The van der Waals surface area contributed by atoms with Gasteiger partial charge >= 0.3 is 0 Å². The van der Waals surface area contributed by atoms with Crippen molar-refractivity contribution in [1.82, 2.24) is 9.97 Å².